The minimum absolute atomic E-state index is 0.188. The lowest BCUT2D eigenvalue weighted by Crippen LogP contribution is -2.48. The van der Waals surface area contributed by atoms with Crippen LogP contribution in [0.5, 0.6) is 5.88 Å². The Morgan fingerprint density at radius 2 is 1.92 bits per heavy atom. The van der Waals surface area contributed by atoms with Gasteiger partial charge in [0.15, 0.2) is 0 Å². The molecule has 1 aromatic heterocycles. The lowest BCUT2D eigenvalue weighted by molar-refractivity contribution is -0.137. The van der Waals surface area contributed by atoms with Gasteiger partial charge >= 0.3 is 6.18 Å². The number of carbonyl (C=O) groups excluding carboxylic acids is 2. The van der Waals surface area contributed by atoms with Crippen LogP contribution in [0.15, 0.2) is 42.6 Å². The molecule has 2 aliphatic heterocycles. The second-order valence-corrected chi connectivity index (χ2v) is 9.23. The predicted octanol–water partition coefficient (Wildman–Crippen LogP) is 1.67. The van der Waals surface area contributed by atoms with Gasteiger partial charge in [-0.05, 0) is 37.1 Å². The summed E-state index contributed by atoms with van der Waals surface area (Å²) in [6.45, 7) is 2.17. The predicted molar refractivity (Wildman–Crippen MR) is 129 cm³/mol. The summed E-state index contributed by atoms with van der Waals surface area (Å²) in [6, 6.07) is 7.56. The summed E-state index contributed by atoms with van der Waals surface area (Å²) < 4.78 is 43.7. The van der Waals surface area contributed by atoms with E-state index in [4.69, 9.17) is 4.74 Å². The number of hydrogen-bond donors (Lipinski definition) is 3. The van der Waals surface area contributed by atoms with Gasteiger partial charge in [-0.2, -0.15) is 13.2 Å². The Balaban J connectivity index is 1.22. The van der Waals surface area contributed by atoms with Gasteiger partial charge in [-0.1, -0.05) is 6.07 Å². The molecule has 9 nitrogen and oxygen atoms in total. The first kappa shape index (κ1) is 26.7. The van der Waals surface area contributed by atoms with E-state index in [0.29, 0.717) is 19.0 Å². The number of carbonyl (C=O) groups is 2. The Labute approximate surface area is 212 Å². The summed E-state index contributed by atoms with van der Waals surface area (Å²) in [7, 11) is 1.57. The highest BCUT2D eigenvalue weighted by Gasteiger charge is 2.37. The van der Waals surface area contributed by atoms with Crippen LogP contribution in [0.3, 0.4) is 0 Å². The Morgan fingerprint density at radius 3 is 2.57 bits per heavy atom. The zero-order valence-electron chi connectivity index (χ0n) is 20.4. The number of amides is 2. The van der Waals surface area contributed by atoms with E-state index < -0.39 is 42.2 Å². The van der Waals surface area contributed by atoms with Crippen LogP contribution in [0.1, 0.15) is 28.8 Å². The average Bonchev–Trinajstić information content (AvgIpc) is 3.26. The Hall–Kier alpha value is -3.38. The summed E-state index contributed by atoms with van der Waals surface area (Å²) >= 11 is 0. The average molecular weight is 522 g/mol. The zero-order valence-corrected chi connectivity index (χ0v) is 20.4. The van der Waals surface area contributed by atoms with Gasteiger partial charge in [0.25, 0.3) is 5.91 Å². The van der Waals surface area contributed by atoms with Crippen molar-refractivity contribution >= 4 is 17.5 Å². The SMILES string of the molecule is COc1ccc(N2CCC(N3C[C@H](NC(=O)CNC(=O)c4cccc(C(F)(F)F)c4)[C@@H](O)C3)CC2)cn1. The highest BCUT2D eigenvalue weighted by atomic mass is 19.4. The van der Waals surface area contributed by atoms with Gasteiger partial charge in [0, 0.05) is 43.9 Å². The normalized spacial score (nSPS) is 21.1. The molecule has 0 radical (unpaired) electrons. The van der Waals surface area contributed by atoms with Gasteiger partial charge in [-0.15, -0.1) is 0 Å². The Bertz CT molecular complexity index is 1090. The van der Waals surface area contributed by atoms with Crippen molar-refractivity contribution in [2.75, 3.05) is 44.7 Å². The van der Waals surface area contributed by atoms with E-state index in [1.807, 2.05) is 12.1 Å². The molecule has 0 aliphatic carbocycles. The number of aromatic nitrogens is 1. The van der Waals surface area contributed by atoms with Crippen molar-refractivity contribution in [1.82, 2.24) is 20.5 Å². The molecule has 0 spiro atoms. The van der Waals surface area contributed by atoms with Gasteiger partial charge in [-0.25, -0.2) is 4.98 Å². The third kappa shape index (κ3) is 6.69. The fourth-order valence-corrected chi connectivity index (χ4v) is 4.78. The fourth-order valence-electron chi connectivity index (χ4n) is 4.78. The molecule has 2 aromatic rings. The van der Waals surface area contributed by atoms with Crippen molar-refractivity contribution in [3.8, 4) is 5.88 Å². The topological polar surface area (TPSA) is 107 Å². The Morgan fingerprint density at radius 1 is 1.16 bits per heavy atom. The van der Waals surface area contributed by atoms with Crippen molar-refractivity contribution in [3.05, 3.63) is 53.7 Å². The molecular formula is C25H30F3N5O4. The van der Waals surface area contributed by atoms with Crippen LogP contribution in [-0.2, 0) is 11.0 Å². The third-order valence-corrected chi connectivity index (χ3v) is 6.80. The number of hydrogen-bond acceptors (Lipinski definition) is 7. The van der Waals surface area contributed by atoms with Crippen LogP contribution in [0, 0.1) is 0 Å². The molecule has 2 atom stereocenters. The van der Waals surface area contributed by atoms with Crippen molar-refractivity contribution in [1.29, 1.82) is 0 Å². The molecule has 3 heterocycles. The second kappa shape index (κ2) is 11.3. The number of pyridine rings is 1. The number of anilines is 1. The third-order valence-electron chi connectivity index (χ3n) is 6.80. The Kier molecular flexibility index (Phi) is 8.18. The van der Waals surface area contributed by atoms with E-state index in [1.165, 1.54) is 6.07 Å². The molecule has 12 heteroatoms. The van der Waals surface area contributed by atoms with Crippen LogP contribution in [-0.4, -0.2) is 84.8 Å². The number of aliphatic hydroxyl groups excluding tert-OH is 1. The molecule has 2 saturated heterocycles. The number of halogens is 3. The number of likely N-dealkylation sites (tertiary alicyclic amines) is 1. The fraction of sp³-hybridized carbons (Fsp3) is 0.480. The van der Waals surface area contributed by atoms with E-state index in [-0.39, 0.29) is 11.6 Å². The molecule has 200 valence electrons. The largest absolute Gasteiger partial charge is 0.481 e. The highest BCUT2D eigenvalue weighted by molar-refractivity contribution is 5.96. The first-order valence-corrected chi connectivity index (χ1v) is 12.1. The van der Waals surface area contributed by atoms with Crippen molar-refractivity contribution < 1.29 is 32.6 Å². The van der Waals surface area contributed by atoms with Gasteiger partial charge in [0.1, 0.15) is 0 Å². The highest BCUT2D eigenvalue weighted by Crippen LogP contribution is 2.29. The summed E-state index contributed by atoms with van der Waals surface area (Å²) in [6.07, 6.45) is -1.75. The van der Waals surface area contributed by atoms with Crippen LogP contribution in [0.2, 0.25) is 0 Å². The maximum Gasteiger partial charge on any atom is 0.416 e. The number of β-amino-alcohol motifs (C(OH)–C–C–N with tert-alkyl or cyclic N) is 1. The van der Waals surface area contributed by atoms with Crippen LogP contribution < -0.4 is 20.3 Å². The first-order chi connectivity index (χ1) is 17.6. The minimum atomic E-state index is -4.57. The van der Waals surface area contributed by atoms with E-state index in [0.717, 1.165) is 49.8 Å². The standard InChI is InChI=1S/C25H30F3N5O4/c1-37-23-6-5-19(12-29-23)32-9-7-18(8-10-32)33-14-20(21(34)15-33)31-22(35)13-30-24(36)16-3-2-4-17(11-16)25(26,27)28/h2-6,11-12,18,20-21,34H,7-10,13-15H2,1H3,(H,30,36)(H,31,35)/t20-,21-/m0/s1. The van der Waals surface area contributed by atoms with Gasteiger partial charge in [0.2, 0.25) is 11.8 Å². The lowest BCUT2D eigenvalue weighted by Gasteiger charge is -2.37. The smallest absolute Gasteiger partial charge is 0.416 e. The zero-order chi connectivity index (χ0) is 26.6. The van der Waals surface area contributed by atoms with Crippen LogP contribution in [0.4, 0.5) is 18.9 Å². The number of methoxy groups -OCH3 is 1. The first-order valence-electron chi connectivity index (χ1n) is 12.1. The van der Waals surface area contributed by atoms with E-state index in [1.54, 1.807) is 13.3 Å². The molecule has 0 bridgehead atoms. The van der Waals surface area contributed by atoms with Crippen molar-refractivity contribution in [3.63, 3.8) is 0 Å². The molecule has 0 unspecified atom stereocenters. The maximum atomic E-state index is 12.9. The van der Waals surface area contributed by atoms with Crippen LogP contribution in [0.25, 0.3) is 0 Å². The molecular weight excluding hydrogens is 491 g/mol. The number of ether oxygens (including phenoxy) is 1. The van der Waals surface area contributed by atoms with Crippen LogP contribution >= 0.6 is 0 Å². The molecule has 4 rings (SSSR count). The van der Waals surface area contributed by atoms with E-state index in [2.05, 4.69) is 25.4 Å². The van der Waals surface area contributed by atoms with E-state index in [9.17, 15) is 27.9 Å². The number of nitrogens with one attached hydrogen (secondary N) is 2. The molecule has 37 heavy (non-hydrogen) atoms. The maximum absolute atomic E-state index is 12.9. The number of rotatable bonds is 7. The number of alkyl halides is 3. The molecule has 1 aromatic carbocycles. The molecule has 2 fully saturated rings. The number of aliphatic hydroxyl groups is 1. The summed E-state index contributed by atoms with van der Waals surface area (Å²) in [5.74, 6) is -0.741. The lowest BCUT2D eigenvalue weighted by atomic mass is 10.0. The van der Waals surface area contributed by atoms with Crippen molar-refractivity contribution in [2.24, 2.45) is 0 Å². The number of nitrogens with zero attached hydrogens (tertiary/aromatic N) is 3. The van der Waals surface area contributed by atoms with Crippen molar-refractivity contribution in [2.45, 2.75) is 37.2 Å². The van der Waals surface area contributed by atoms with Gasteiger partial charge < -0.3 is 25.4 Å². The summed E-state index contributed by atoms with van der Waals surface area (Å²) in [5, 5.41) is 15.6. The van der Waals surface area contributed by atoms with Gasteiger partial charge in [0.05, 0.1) is 43.2 Å². The second-order valence-electron chi connectivity index (χ2n) is 9.23. The molecule has 2 amide bonds. The summed E-state index contributed by atoms with van der Waals surface area (Å²) in [4.78, 5) is 33.3. The summed E-state index contributed by atoms with van der Waals surface area (Å²) in [5.41, 5.74) is -0.102. The molecule has 0 saturated carbocycles. The monoisotopic (exact) mass is 521 g/mol. The number of piperidine rings is 1. The van der Waals surface area contributed by atoms with Gasteiger partial charge in [-0.3, -0.25) is 14.5 Å². The number of benzene rings is 1. The minimum Gasteiger partial charge on any atom is -0.481 e. The quantitative estimate of drug-likeness (QED) is 0.509. The van der Waals surface area contributed by atoms with E-state index >= 15 is 0 Å². The molecule has 3 N–H and O–H groups in total. The molecule has 2 aliphatic rings.